The van der Waals surface area contributed by atoms with Gasteiger partial charge in [-0.05, 0) is 31.0 Å². The smallest absolute Gasteiger partial charge is 0.130 e. The quantitative estimate of drug-likeness (QED) is 0.754. The predicted molar refractivity (Wildman–Crippen MR) is 81.6 cm³/mol. The molecule has 0 N–H and O–H groups in total. The third kappa shape index (κ3) is 3.25. The van der Waals surface area contributed by atoms with Crippen LogP contribution in [0.25, 0.3) is 0 Å². The maximum absolute atomic E-state index is 6.26. The maximum atomic E-state index is 6.26. The molecule has 1 unspecified atom stereocenters. The second-order valence-corrected chi connectivity index (χ2v) is 5.69. The summed E-state index contributed by atoms with van der Waals surface area (Å²) in [5.74, 6) is 0.742. The zero-order valence-corrected chi connectivity index (χ0v) is 13.1. The van der Waals surface area contributed by atoms with Crippen LogP contribution >= 0.6 is 34.8 Å². The molecular formula is C14H15Cl3N2. The molecule has 0 bridgehead atoms. The Morgan fingerprint density at radius 2 is 1.84 bits per heavy atom. The standard InChI is InChI=1S/C14H15Cl3N2/c1-9-13(14(17)19(2)18-9)7-11(8-15)10-3-5-12(16)6-4-10/h3-6,11H,7-8H2,1-2H3. The van der Waals surface area contributed by atoms with Crippen molar-refractivity contribution in [3.63, 3.8) is 0 Å². The zero-order valence-electron chi connectivity index (χ0n) is 10.8. The number of hydrogen-bond donors (Lipinski definition) is 0. The van der Waals surface area contributed by atoms with Crippen LogP contribution in [0.2, 0.25) is 10.2 Å². The van der Waals surface area contributed by atoms with Gasteiger partial charge in [0.15, 0.2) is 0 Å². The molecule has 1 aromatic heterocycles. The second-order valence-electron chi connectivity index (χ2n) is 4.59. The van der Waals surface area contributed by atoms with Gasteiger partial charge in [-0.25, -0.2) is 0 Å². The van der Waals surface area contributed by atoms with E-state index in [1.54, 1.807) is 4.68 Å². The van der Waals surface area contributed by atoms with Gasteiger partial charge in [-0.15, -0.1) is 11.6 Å². The Balaban J connectivity index is 2.26. The summed E-state index contributed by atoms with van der Waals surface area (Å²) in [6, 6.07) is 7.78. The van der Waals surface area contributed by atoms with Crippen molar-refractivity contribution in [1.29, 1.82) is 0 Å². The van der Waals surface area contributed by atoms with Crippen LogP contribution in [0.3, 0.4) is 0 Å². The average molecular weight is 318 g/mol. The lowest BCUT2D eigenvalue weighted by Crippen LogP contribution is -2.05. The number of rotatable bonds is 4. The van der Waals surface area contributed by atoms with Crippen LogP contribution in [0.1, 0.15) is 22.7 Å². The normalized spacial score (nSPS) is 12.7. The van der Waals surface area contributed by atoms with E-state index in [2.05, 4.69) is 5.10 Å². The molecule has 0 radical (unpaired) electrons. The van der Waals surface area contributed by atoms with E-state index in [0.717, 1.165) is 22.7 Å². The minimum absolute atomic E-state index is 0.208. The van der Waals surface area contributed by atoms with E-state index in [1.165, 1.54) is 5.56 Å². The maximum Gasteiger partial charge on any atom is 0.130 e. The predicted octanol–water partition coefficient (Wildman–Crippen LogP) is 4.60. The number of benzene rings is 1. The van der Waals surface area contributed by atoms with E-state index < -0.39 is 0 Å². The van der Waals surface area contributed by atoms with Crippen LogP contribution < -0.4 is 0 Å². The Morgan fingerprint density at radius 1 is 1.21 bits per heavy atom. The summed E-state index contributed by atoms with van der Waals surface area (Å²) < 4.78 is 1.69. The Kier molecular flexibility index (Phi) is 4.77. The summed E-state index contributed by atoms with van der Waals surface area (Å²) in [6.07, 6.45) is 0.781. The Labute approximate surface area is 128 Å². The van der Waals surface area contributed by atoms with Crippen molar-refractivity contribution in [3.05, 3.63) is 51.3 Å². The highest BCUT2D eigenvalue weighted by Gasteiger charge is 2.18. The monoisotopic (exact) mass is 316 g/mol. The first-order valence-electron chi connectivity index (χ1n) is 6.02. The summed E-state index contributed by atoms with van der Waals surface area (Å²) in [4.78, 5) is 0. The molecule has 1 aromatic carbocycles. The van der Waals surface area contributed by atoms with E-state index in [9.17, 15) is 0 Å². The number of nitrogens with zero attached hydrogens (tertiary/aromatic N) is 2. The first-order valence-corrected chi connectivity index (χ1v) is 7.31. The summed E-state index contributed by atoms with van der Waals surface area (Å²) in [7, 11) is 1.84. The van der Waals surface area contributed by atoms with E-state index in [1.807, 2.05) is 38.2 Å². The highest BCUT2D eigenvalue weighted by Crippen LogP contribution is 2.28. The third-order valence-electron chi connectivity index (χ3n) is 3.25. The number of halogens is 3. The molecule has 19 heavy (non-hydrogen) atoms. The summed E-state index contributed by atoms with van der Waals surface area (Å²) in [5.41, 5.74) is 3.18. The van der Waals surface area contributed by atoms with E-state index in [0.29, 0.717) is 11.0 Å². The van der Waals surface area contributed by atoms with Crippen molar-refractivity contribution in [3.8, 4) is 0 Å². The molecule has 0 amide bonds. The van der Waals surface area contributed by atoms with E-state index in [4.69, 9.17) is 34.8 Å². The molecule has 0 aliphatic rings. The molecule has 1 heterocycles. The van der Waals surface area contributed by atoms with Gasteiger partial charge in [0.1, 0.15) is 5.15 Å². The Hall–Kier alpha value is -0.700. The largest absolute Gasteiger partial charge is 0.257 e. The van der Waals surface area contributed by atoms with E-state index >= 15 is 0 Å². The first kappa shape index (κ1) is 14.7. The minimum atomic E-state index is 0.208. The van der Waals surface area contributed by atoms with Gasteiger partial charge in [0.05, 0.1) is 5.69 Å². The molecule has 0 fully saturated rings. The number of hydrogen-bond acceptors (Lipinski definition) is 1. The molecule has 0 spiro atoms. The molecule has 0 saturated heterocycles. The highest BCUT2D eigenvalue weighted by atomic mass is 35.5. The fourth-order valence-electron chi connectivity index (χ4n) is 2.15. The van der Waals surface area contributed by atoms with Crippen molar-refractivity contribution in [2.24, 2.45) is 7.05 Å². The second kappa shape index (κ2) is 6.17. The van der Waals surface area contributed by atoms with Crippen LogP contribution in [0.4, 0.5) is 0 Å². The van der Waals surface area contributed by atoms with Crippen LogP contribution in [0, 0.1) is 6.92 Å². The number of alkyl halides is 1. The molecule has 2 rings (SSSR count). The molecule has 2 aromatic rings. The van der Waals surface area contributed by atoms with Crippen molar-refractivity contribution >= 4 is 34.8 Å². The zero-order chi connectivity index (χ0) is 14.0. The summed E-state index contributed by atoms with van der Waals surface area (Å²) in [5, 5.41) is 5.74. The molecule has 102 valence electrons. The lowest BCUT2D eigenvalue weighted by Gasteiger charge is -2.14. The van der Waals surface area contributed by atoms with Gasteiger partial charge < -0.3 is 0 Å². The SMILES string of the molecule is Cc1nn(C)c(Cl)c1CC(CCl)c1ccc(Cl)cc1. The summed E-state index contributed by atoms with van der Waals surface area (Å²) >= 11 is 18.3. The minimum Gasteiger partial charge on any atom is -0.257 e. The fourth-order valence-corrected chi connectivity index (χ4v) is 2.81. The average Bonchev–Trinajstić information content (AvgIpc) is 2.63. The topological polar surface area (TPSA) is 17.8 Å². The van der Waals surface area contributed by atoms with Crippen LogP contribution in [0.15, 0.2) is 24.3 Å². The fraction of sp³-hybridized carbons (Fsp3) is 0.357. The summed E-state index contributed by atoms with van der Waals surface area (Å²) in [6.45, 7) is 1.97. The van der Waals surface area contributed by atoms with E-state index in [-0.39, 0.29) is 5.92 Å². The number of aryl methyl sites for hydroxylation is 2. The van der Waals surface area contributed by atoms with Gasteiger partial charge in [-0.3, -0.25) is 4.68 Å². The molecular weight excluding hydrogens is 303 g/mol. The highest BCUT2D eigenvalue weighted by molar-refractivity contribution is 6.30. The Morgan fingerprint density at radius 3 is 2.32 bits per heavy atom. The molecule has 2 nitrogen and oxygen atoms in total. The lowest BCUT2D eigenvalue weighted by molar-refractivity contribution is 0.753. The van der Waals surface area contributed by atoms with Gasteiger partial charge in [0, 0.05) is 29.4 Å². The van der Waals surface area contributed by atoms with Gasteiger partial charge in [0.25, 0.3) is 0 Å². The first-order chi connectivity index (χ1) is 9.02. The lowest BCUT2D eigenvalue weighted by atomic mass is 9.94. The van der Waals surface area contributed by atoms with Crippen LogP contribution in [0.5, 0.6) is 0 Å². The van der Waals surface area contributed by atoms with Crippen molar-refractivity contribution in [2.75, 3.05) is 5.88 Å². The molecule has 1 atom stereocenters. The van der Waals surface area contributed by atoms with Gasteiger partial charge in [-0.2, -0.15) is 5.10 Å². The third-order valence-corrected chi connectivity index (χ3v) is 4.35. The molecule has 0 aliphatic heterocycles. The van der Waals surface area contributed by atoms with Gasteiger partial charge >= 0.3 is 0 Å². The van der Waals surface area contributed by atoms with Crippen LogP contribution in [-0.2, 0) is 13.5 Å². The Bertz CT molecular complexity index is 561. The van der Waals surface area contributed by atoms with Crippen molar-refractivity contribution in [1.82, 2.24) is 9.78 Å². The van der Waals surface area contributed by atoms with Crippen molar-refractivity contribution < 1.29 is 0 Å². The molecule has 5 heteroatoms. The molecule has 0 saturated carbocycles. The van der Waals surface area contributed by atoms with Crippen LogP contribution in [-0.4, -0.2) is 15.7 Å². The van der Waals surface area contributed by atoms with Gasteiger partial charge in [0.2, 0.25) is 0 Å². The molecule has 0 aliphatic carbocycles. The van der Waals surface area contributed by atoms with Crippen molar-refractivity contribution in [2.45, 2.75) is 19.3 Å². The number of aromatic nitrogens is 2. The van der Waals surface area contributed by atoms with Gasteiger partial charge in [-0.1, -0.05) is 35.3 Å².